The van der Waals surface area contributed by atoms with E-state index in [1.807, 2.05) is 24.3 Å². The summed E-state index contributed by atoms with van der Waals surface area (Å²) >= 11 is 0. The van der Waals surface area contributed by atoms with E-state index in [0.29, 0.717) is 12.1 Å². The van der Waals surface area contributed by atoms with Gasteiger partial charge in [0.15, 0.2) is 0 Å². The van der Waals surface area contributed by atoms with Crippen LogP contribution in [0.5, 0.6) is 0 Å². The molecule has 26 heavy (non-hydrogen) atoms. The van der Waals surface area contributed by atoms with E-state index < -0.39 is 0 Å². The largest absolute Gasteiger partial charge is 0.378 e. The van der Waals surface area contributed by atoms with Gasteiger partial charge in [-0.1, -0.05) is 25.5 Å². The van der Waals surface area contributed by atoms with Gasteiger partial charge in [0.25, 0.3) is 5.91 Å². The van der Waals surface area contributed by atoms with Crippen molar-refractivity contribution in [2.24, 2.45) is 0 Å². The minimum absolute atomic E-state index is 0.0870. The van der Waals surface area contributed by atoms with Gasteiger partial charge in [0.1, 0.15) is 0 Å². The smallest absolute Gasteiger partial charge is 0.252 e. The number of nitrogens with one attached hydrogen (secondary N) is 2. The number of ether oxygens (including phenoxy) is 1. The van der Waals surface area contributed by atoms with Crippen molar-refractivity contribution in [2.75, 3.05) is 43.1 Å². The zero-order chi connectivity index (χ0) is 18.2. The van der Waals surface area contributed by atoms with Gasteiger partial charge < -0.3 is 20.3 Å². The highest BCUT2D eigenvalue weighted by Gasteiger charge is 2.15. The molecular formula is C20H26N4O2. The fourth-order valence-corrected chi connectivity index (χ4v) is 2.93. The van der Waals surface area contributed by atoms with Gasteiger partial charge in [-0.15, -0.1) is 0 Å². The topological polar surface area (TPSA) is 66.5 Å². The summed E-state index contributed by atoms with van der Waals surface area (Å²) < 4.78 is 5.45. The second-order valence-electron chi connectivity index (χ2n) is 6.31. The van der Waals surface area contributed by atoms with Crippen LogP contribution in [0.15, 0.2) is 42.7 Å². The number of morpholine rings is 1. The SMILES string of the molecule is CCCCNC(=O)c1cncc(Nc2ccccc2N2CCOCC2)c1. The van der Waals surface area contributed by atoms with Crippen LogP contribution in [-0.4, -0.2) is 43.7 Å². The van der Waals surface area contributed by atoms with E-state index in [1.54, 1.807) is 12.4 Å². The van der Waals surface area contributed by atoms with E-state index in [4.69, 9.17) is 4.74 Å². The number of amides is 1. The minimum atomic E-state index is -0.0870. The predicted octanol–water partition coefficient (Wildman–Crippen LogP) is 3.19. The zero-order valence-electron chi connectivity index (χ0n) is 15.2. The van der Waals surface area contributed by atoms with Crippen molar-refractivity contribution in [2.45, 2.75) is 19.8 Å². The molecule has 2 aromatic rings. The van der Waals surface area contributed by atoms with Gasteiger partial charge in [0.05, 0.1) is 42.0 Å². The molecule has 1 aliphatic rings. The summed E-state index contributed by atoms with van der Waals surface area (Å²) in [7, 11) is 0. The predicted molar refractivity (Wildman–Crippen MR) is 104 cm³/mol. The van der Waals surface area contributed by atoms with E-state index in [2.05, 4.69) is 33.5 Å². The molecule has 0 bridgehead atoms. The Kier molecular flexibility index (Phi) is 6.44. The maximum atomic E-state index is 12.2. The van der Waals surface area contributed by atoms with Crippen LogP contribution in [0.2, 0.25) is 0 Å². The van der Waals surface area contributed by atoms with E-state index in [9.17, 15) is 4.79 Å². The Morgan fingerprint density at radius 3 is 2.85 bits per heavy atom. The average Bonchev–Trinajstić information content (AvgIpc) is 2.69. The van der Waals surface area contributed by atoms with Crippen LogP contribution in [0.25, 0.3) is 0 Å². The number of nitrogens with zero attached hydrogens (tertiary/aromatic N) is 2. The normalized spacial score (nSPS) is 14.1. The average molecular weight is 354 g/mol. The number of para-hydroxylation sites is 2. The standard InChI is InChI=1S/C20H26N4O2/c1-2-3-8-22-20(25)16-13-17(15-21-14-16)23-18-6-4-5-7-19(18)24-9-11-26-12-10-24/h4-7,13-15,23H,2-3,8-12H2,1H3,(H,22,25). The minimum Gasteiger partial charge on any atom is -0.378 e. The summed E-state index contributed by atoms with van der Waals surface area (Å²) in [6.07, 6.45) is 5.36. The first-order valence-corrected chi connectivity index (χ1v) is 9.20. The van der Waals surface area contributed by atoms with Crippen LogP contribution in [-0.2, 0) is 4.74 Å². The molecule has 3 rings (SSSR count). The highest BCUT2D eigenvalue weighted by atomic mass is 16.5. The molecule has 0 unspecified atom stereocenters. The molecule has 1 fully saturated rings. The number of carbonyl (C=O) groups excluding carboxylic acids is 1. The molecule has 1 aromatic carbocycles. The highest BCUT2D eigenvalue weighted by molar-refractivity contribution is 5.95. The van der Waals surface area contributed by atoms with Crippen LogP contribution in [0.3, 0.4) is 0 Å². The number of rotatable bonds is 7. The van der Waals surface area contributed by atoms with Gasteiger partial charge in [0.2, 0.25) is 0 Å². The lowest BCUT2D eigenvalue weighted by Gasteiger charge is -2.30. The second-order valence-corrected chi connectivity index (χ2v) is 6.31. The number of carbonyl (C=O) groups is 1. The molecule has 0 aliphatic carbocycles. The Balaban J connectivity index is 1.73. The van der Waals surface area contributed by atoms with Crippen LogP contribution < -0.4 is 15.5 Å². The molecule has 6 nitrogen and oxygen atoms in total. The third-order valence-corrected chi connectivity index (χ3v) is 4.35. The lowest BCUT2D eigenvalue weighted by Crippen LogP contribution is -2.36. The van der Waals surface area contributed by atoms with Gasteiger partial charge >= 0.3 is 0 Å². The number of hydrogen-bond donors (Lipinski definition) is 2. The van der Waals surface area contributed by atoms with Crippen LogP contribution >= 0.6 is 0 Å². The zero-order valence-corrected chi connectivity index (χ0v) is 15.2. The van der Waals surface area contributed by atoms with Crippen LogP contribution in [0.1, 0.15) is 30.1 Å². The molecule has 0 spiro atoms. The van der Waals surface area contributed by atoms with E-state index in [1.165, 1.54) is 0 Å². The Morgan fingerprint density at radius 1 is 1.23 bits per heavy atom. The fourth-order valence-electron chi connectivity index (χ4n) is 2.93. The number of unbranched alkanes of at least 4 members (excludes halogenated alkanes) is 1. The van der Waals surface area contributed by atoms with Crippen molar-refractivity contribution < 1.29 is 9.53 Å². The maximum absolute atomic E-state index is 12.2. The van der Waals surface area contributed by atoms with Gasteiger partial charge in [-0.3, -0.25) is 9.78 Å². The molecule has 1 aliphatic heterocycles. The molecule has 0 radical (unpaired) electrons. The Hall–Kier alpha value is -2.60. The molecular weight excluding hydrogens is 328 g/mol. The molecule has 138 valence electrons. The molecule has 1 amide bonds. The molecule has 2 heterocycles. The number of aromatic nitrogens is 1. The van der Waals surface area contributed by atoms with E-state index in [0.717, 1.165) is 56.2 Å². The summed E-state index contributed by atoms with van der Waals surface area (Å²) in [5, 5.41) is 6.33. The molecule has 6 heteroatoms. The molecule has 1 aromatic heterocycles. The van der Waals surface area contributed by atoms with Crippen molar-refractivity contribution in [1.82, 2.24) is 10.3 Å². The van der Waals surface area contributed by atoms with Gasteiger partial charge in [-0.25, -0.2) is 0 Å². The summed E-state index contributed by atoms with van der Waals surface area (Å²) in [6.45, 7) is 6.01. The Bertz CT molecular complexity index is 729. The van der Waals surface area contributed by atoms with Crippen molar-refractivity contribution in [3.63, 3.8) is 0 Å². The molecule has 1 saturated heterocycles. The maximum Gasteiger partial charge on any atom is 0.252 e. The molecule has 2 N–H and O–H groups in total. The Morgan fingerprint density at radius 2 is 2.04 bits per heavy atom. The van der Waals surface area contributed by atoms with Gasteiger partial charge in [-0.2, -0.15) is 0 Å². The van der Waals surface area contributed by atoms with E-state index in [-0.39, 0.29) is 5.91 Å². The quantitative estimate of drug-likeness (QED) is 0.748. The summed E-state index contributed by atoms with van der Waals surface area (Å²) in [5.41, 5.74) is 3.50. The first-order chi connectivity index (χ1) is 12.8. The molecule has 0 saturated carbocycles. The second kappa shape index (κ2) is 9.20. The van der Waals surface area contributed by atoms with Crippen molar-refractivity contribution >= 4 is 23.0 Å². The Labute approximate surface area is 154 Å². The van der Waals surface area contributed by atoms with Crippen LogP contribution in [0, 0.1) is 0 Å². The third kappa shape index (κ3) is 4.73. The number of hydrogen-bond acceptors (Lipinski definition) is 5. The first kappa shape index (κ1) is 18.2. The van der Waals surface area contributed by atoms with Crippen molar-refractivity contribution in [3.05, 3.63) is 48.3 Å². The number of anilines is 3. The third-order valence-electron chi connectivity index (χ3n) is 4.35. The summed E-state index contributed by atoms with van der Waals surface area (Å²) in [4.78, 5) is 18.8. The van der Waals surface area contributed by atoms with Gasteiger partial charge in [-0.05, 0) is 24.6 Å². The summed E-state index contributed by atoms with van der Waals surface area (Å²) in [5.74, 6) is -0.0870. The molecule has 0 atom stereocenters. The number of pyridine rings is 1. The first-order valence-electron chi connectivity index (χ1n) is 9.20. The van der Waals surface area contributed by atoms with E-state index >= 15 is 0 Å². The summed E-state index contributed by atoms with van der Waals surface area (Å²) in [6, 6.07) is 10.0. The fraction of sp³-hybridized carbons (Fsp3) is 0.400. The number of benzene rings is 1. The highest BCUT2D eigenvalue weighted by Crippen LogP contribution is 2.29. The van der Waals surface area contributed by atoms with Gasteiger partial charge in [0, 0.05) is 25.8 Å². The lowest BCUT2D eigenvalue weighted by atomic mass is 10.2. The van der Waals surface area contributed by atoms with Crippen molar-refractivity contribution in [1.29, 1.82) is 0 Å². The lowest BCUT2D eigenvalue weighted by molar-refractivity contribution is 0.0953. The van der Waals surface area contributed by atoms with Crippen LogP contribution in [0.4, 0.5) is 17.1 Å². The monoisotopic (exact) mass is 354 g/mol. The van der Waals surface area contributed by atoms with Crippen molar-refractivity contribution in [3.8, 4) is 0 Å².